The van der Waals surface area contributed by atoms with Gasteiger partial charge in [0.1, 0.15) is 17.2 Å². The molecule has 0 aliphatic rings. The number of carbonyl (C=O) groups is 2. The van der Waals surface area contributed by atoms with E-state index in [1.165, 1.54) is 6.21 Å². The van der Waals surface area contributed by atoms with Crippen molar-refractivity contribution in [2.45, 2.75) is 6.29 Å². The summed E-state index contributed by atoms with van der Waals surface area (Å²) in [5, 5.41) is 4.52. The number of amides is 1. The zero-order chi connectivity index (χ0) is 25.2. The molecule has 0 atom stereocenters. The van der Waals surface area contributed by atoms with Gasteiger partial charge >= 0.3 is 18.2 Å². The lowest BCUT2D eigenvalue weighted by molar-refractivity contribution is -0.140. The third-order valence-corrected chi connectivity index (χ3v) is 5.02. The van der Waals surface area contributed by atoms with Crippen molar-refractivity contribution in [3.8, 4) is 17.2 Å². The fraction of sp³-hybridized carbons (Fsp3) is 0.0357. The molecule has 4 rings (SSSR count). The van der Waals surface area contributed by atoms with Gasteiger partial charge in [0.05, 0.1) is 11.8 Å². The van der Waals surface area contributed by atoms with E-state index in [4.69, 9.17) is 25.8 Å². The third-order valence-electron chi connectivity index (χ3n) is 4.77. The Bertz CT molecular complexity index is 1290. The van der Waals surface area contributed by atoms with Crippen LogP contribution in [-0.2, 0) is 4.79 Å². The van der Waals surface area contributed by atoms with Crippen molar-refractivity contribution < 1.29 is 23.8 Å². The van der Waals surface area contributed by atoms with Crippen molar-refractivity contribution in [3.63, 3.8) is 0 Å². The Hall–Kier alpha value is -4.62. The minimum absolute atomic E-state index is 0.271. The van der Waals surface area contributed by atoms with Crippen LogP contribution in [-0.4, -0.2) is 24.4 Å². The SMILES string of the molecule is O=C(Oc1ccccc1/C=N\NC(=O)C(Oc1ccccc1)Oc1ccccc1)c1ccc(Cl)cc1. The maximum absolute atomic E-state index is 12.8. The minimum Gasteiger partial charge on any atom is -0.446 e. The van der Waals surface area contributed by atoms with Crippen molar-refractivity contribution in [3.05, 3.63) is 125 Å². The van der Waals surface area contributed by atoms with Crippen LogP contribution in [0.15, 0.2) is 114 Å². The van der Waals surface area contributed by atoms with Crippen LogP contribution in [0.1, 0.15) is 15.9 Å². The first-order chi connectivity index (χ1) is 17.6. The van der Waals surface area contributed by atoms with Gasteiger partial charge < -0.3 is 14.2 Å². The molecular formula is C28H21ClN2O5. The van der Waals surface area contributed by atoms with Gasteiger partial charge in [0.2, 0.25) is 0 Å². The molecule has 0 bridgehead atoms. The number of hydrogen-bond donors (Lipinski definition) is 1. The molecule has 0 aliphatic heterocycles. The molecular weight excluding hydrogens is 480 g/mol. The van der Waals surface area contributed by atoms with Gasteiger partial charge in [-0.1, -0.05) is 60.1 Å². The fourth-order valence-corrected chi connectivity index (χ4v) is 3.15. The maximum atomic E-state index is 12.8. The normalized spacial score (nSPS) is 10.7. The van der Waals surface area contributed by atoms with Gasteiger partial charge in [-0.25, -0.2) is 10.2 Å². The Labute approximate surface area is 212 Å². The summed E-state index contributed by atoms with van der Waals surface area (Å²) >= 11 is 5.88. The number of hydrazone groups is 1. The molecule has 0 aromatic heterocycles. The number of nitrogens with zero attached hydrogens (tertiary/aromatic N) is 1. The number of hydrogen-bond acceptors (Lipinski definition) is 6. The molecule has 0 saturated carbocycles. The Morgan fingerprint density at radius 2 is 1.31 bits per heavy atom. The Balaban J connectivity index is 1.44. The van der Waals surface area contributed by atoms with E-state index in [0.717, 1.165) is 0 Å². The number of nitrogens with one attached hydrogen (secondary N) is 1. The van der Waals surface area contributed by atoms with Crippen LogP contribution in [0, 0.1) is 0 Å². The molecule has 4 aromatic carbocycles. The molecule has 0 unspecified atom stereocenters. The topological polar surface area (TPSA) is 86.2 Å². The first kappa shape index (κ1) is 24.5. The van der Waals surface area contributed by atoms with Crippen LogP contribution in [0.5, 0.6) is 17.2 Å². The van der Waals surface area contributed by atoms with E-state index >= 15 is 0 Å². The van der Waals surface area contributed by atoms with Gasteiger partial charge in [-0.15, -0.1) is 0 Å². The number of rotatable bonds is 9. The van der Waals surface area contributed by atoms with Crippen LogP contribution in [0.4, 0.5) is 0 Å². The van der Waals surface area contributed by atoms with E-state index in [-0.39, 0.29) is 5.75 Å². The molecule has 0 spiro atoms. The monoisotopic (exact) mass is 500 g/mol. The predicted molar refractivity (Wildman–Crippen MR) is 137 cm³/mol. The van der Waals surface area contributed by atoms with E-state index in [9.17, 15) is 9.59 Å². The van der Waals surface area contributed by atoms with E-state index in [0.29, 0.717) is 27.6 Å². The summed E-state index contributed by atoms with van der Waals surface area (Å²) in [7, 11) is 0. The lowest BCUT2D eigenvalue weighted by atomic mass is 10.2. The molecule has 0 heterocycles. The predicted octanol–water partition coefficient (Wildman–Crippen LogP) is 5.49. The summed E-state index contributed by atoms with van der Waals surface area (Å²) in [5.41, 5.74) is 3.24. The molecule has 0 fully saturated rings. The summed E-state index contributed by atoms with van der Waals surface area (Å²) < 4.78 is 17.0. The summed E-state index contributed by atoms with van der Waals surface area (Å²) in [6.07, 6.45) is 0.0646. The summed E-state index contributed by atoms with van der Waals surface area (Å²) in [5.74, 6) is 0.000779. The molecule has 0 aliphatic carbocycles. The maximum Gasteiger partial charge on any atom is 0.343 e. The largest absolute Gasteiger partial charge is 0.446 e. The van der Waals surface area contributed by atoms with Crippen LogP contribution in [0.3, 0.4) is 0 Å². The van der Waals surface area contributed by atoms with Crippen molar-refractivity contribution in [2.75, 3.05) is 0 Å². The van der Waals surface area contributed by atoms with E-state index < -0.39 is 18.2 Å². The quantitative estimate of drug-likeness (QED) is 0.108. The number of ether oxygens (including phenoxy) is 3. The molecule has 4 aromatic rings. The average molecular weight is 501 g/mol. The molecule has 0 radical (unpaired) electrons. The van der Waals surface area contributed by atoms with E-state index in [1.807, 2.05) is 12.1 Å². The highest BCUT2D eigenvalue weighted by molar-refractivity contribution is 6.30. The number of carbonyl (C=O) groups excluding carboxylic acids is 2. The number of para-hydroxylation sites is 3. The zero-order valence-electron chi connectivity index (χ0n) is 18.9. The standard InChI is InChI=1S/C28H21ClN2O5/c29-22-17-15-20(16-18-22)27(33)36-25-14-8-7-9-21(25)19-30-31-26(32)28(34-23-10-3-1-4-11-23)35-24-12-5-2-6-13-24/h1-19,28H,(H,31,32)/b30-19-. The second-order valence-electron chi connectivity index (χ2n) is 7.36. The van der Waals surface area contributed by atoms with Gasteiger partial charge in [-0.2, -0.15) is 5.10 Å². The van der Waals surface area contributed by atoms with Gasteiger partial charge in [-0.05, 0) is 60.7 Å². The number of halogens is 1. The van der Waals surface area contributed by atoms with Crippen LogP contribution < -0.4 is 19.6 Å². The van der Waals surface area contributed by atoms with Gasteiger partial charge in [0.25, 0.3) is 0 Å². The summed E-state index contributed by atoms with van der Waals surface area (Å²) in [6.45, 7) is 0. The molecule has 36 heavy (non-hydrogen) atoms. The molecule has 180 valence electrons. The first-order valence-electron chi connectivity index (χ1n) is 10.9. The van der Waals surface area contributed by atoms with Crippen LogP contribution in [0.25, 0.3) is 0 Å². The molecule has 0 saturated heterocycles. The van der Waals surface area contributed by atoms with Crippen molar-refractivity contribution in [1.82, 2.24) is 5.43 Å². The van der Waals surface area contributed by atoms with Gasteiger partial charge in [0, 0.05) is 10.6 Å². The zero-order valence-corrected chi connectivity index (χ0v) is 19.7. The fourth-order valence-electron chi connectivity index (χ4n) is 3.02. The molecule has 1 N–H and O–H groups in total. The van der Waals surface area contributed by atoms with Crippen LogP contribution >= 0.6 is 11.6 Å². The van der Waals surface area contributed by atoms with Gasteiger partial charge in [0.15, 0.2) is 0 Å². The Morgan fingerprint density at radius 1 is 0.750 bits per heavy atom. The average Bonchev–Trinajstić information content (AvgIpc) is 2.91. The molecule has 1 amide bonds. The van der Waals surface area contributed by atoms with Crippen molar-refractivity contribution in [2.24, 2.45) is 5.10 Å². The summed E-state index contributed by atoms with van der Waals surface area (Å²) in [6, 6.07) is 30.8. The smallest absolute Gasteiger partial charge is 0.343 e. The van der Waals surface area contributed by atoms with Gasteiger partial charge in [-0.3, -0.25) is 4.79 Å². The minimum atomic E-state index is -1.30. The Morgan fingerprint density at radius 3 is 1.92 bits per heavy atom. The van der Waals surface area contributed by atoms with Crippen molar-refractivity contribution >= 4 is 29.7 Å². The number of benzene rings is 4. The molecule has 7 nitrogen and oxygen atoms in total. The third kappa shape index (κ3) is 6.94. The lowest BCUT2D eigenvalue weighted by Crippen LogP contribution is -2.40. The van der Waals surface area contributed by atoms with Crippen LogP contribution in [0.2, 0.25) is 5.02 Å². The highest BCUT2D eigenvalue weighted by Crippen LogP contribution is 2.19. The highest BCUT2D eigenvalue weighted by Gasteiger charge is 2.22. The first-order valence-corrected chi connectivity index (χ1v) is 11.3. The second kappa shape index (κ2) is 12.2. The molecule has 8 heteroatoms. The second-order valence-corrected chi connectivity index (χ2v) is 7.80. The summed E-state index contributed by atoms with van der Waals surface area (Å²) in [4.78, 5) is 25.3. The number of esters is 1. The highest BCUT2D eigenvalue weighted by atomic mass is 35.5. The van der Waals surface area contributed by atoms with E-state index in [1.54, 1.807) is 97.1 Å². The lowest BCUT2D eigenvalue weighted by Gasteiger charge is -2.18. The Kier molecular flexibility index (Phi) is 8.30. The van der Waals surface area contributed by atoms with Crippen molar-refractivity contribution in [1.29, 1.82) is 0 Å². The van der Waals surface area contributed by atoms with E-state index in [2.05, 4.69) is 10.5 Å².